The predicted octanol–water partition coefficient (Wildman–Crippen LogP) is 0.742. The standard InChI is InChI=1S/C20H30N6O2/c27-19-6-5-18(25-10-4-9-21-25)22-26(19)16-15-23-11-13-24(14-12-23)17-20(28)7-2-1-3-8-20/h4-6,9-10,28H,1-3,7-8,11-17H2. The first kappa shape index (κ1) is 19.3. The minimum absolute atomic E-state index is 0.0888. The van der Waals surface area contributed by atoms with Crippen molar-refractivity contribution in [2.24, 2.45) is 0 Å². The van der Waals surface area contributed by atoms with Gasteiger partial charge in [-0.05, 0) is 25.0 Å². The monoisotopic (exact) mass is 386 g/mol. The summed E-state index contributed by atoms with van der Waals surface area (Å²) in [6.07, 6.45) is 8.94. The van der Waals surface area contributed by atoms with E-state index in [1.807, 2.05) is 12.3 Å². The molecule has 2 aromatic heterocycles. The molecule has 0 bridgehead atoms. The number of β-amino-alcohol motifs (C(OH)–C–C–N with tert-alkyl or cyclic N) is 1. The second-order valence-electron chi connectivity index (χ2n) is 8.11. The Morgan fingerprint density at radius 2 is 1.75 bits per heavy atom. The molecule has 1 aliphatic carbocycles. The van der Waals surface area contributed by atoms with Crippen LogP contribution in [0.3, 0.4) is 0 Å². The zero-order valence-corrected chi connectivity index (χ0v) is 16.4. The Kier molecular flexibility index (Phi) is 5.89. The van der Waals surface area contributed by atoms with Crippen LogP contribution >= 0.6 is 0 Å². The summed E-state index contributed by atoms with van der Waals surface area (Å²) in [5.74, 6) is 0.648. The van der Waals surface area contributed by atoms with Crippen LogP contribution in [0, 0.1) is 0 Å². The maximum Gasteiger partial charge on any atom is 0.266 e. The molecular formula is C20H30N6O2. The maximum atomic E-state index is 12.1. The van der Waals surface area contributed by atoms with Crippen LogP contribution in [0.1, 0.15) is 32.1 Å². The Bertz CT molecular complexity index is 804. The summed E-state index contributed by atoms with van der Waals surface area (Å²) in [5, 5.41) is 19.4. The molecule has 8 heteroatoms. The van der Waals surface area contributed by atoms with Gasteiger partial charge in [-0.2, -0.15) is 5.10 Å². The Balaban J connectivity index is 1.28. The van der Waals surface area contributed by atoms with E-state index < -0.39 is 5.60 Å². The van der Waals surface area contributed by atoms with Crippen LogP contribution in [0.2, 0.25) is 0 Å². The van der Waals surface area contributed by atoms with E-state index in [1.54, 1.807) is 23.0 Å². The molecule has 0 radical (unpaired) electrons. The number of piperazine rings is 1. The van der Waals surface area contributed by atoms with Gasteiger partial charge < -0.3 is 5.11 Å². The van der Waals surface area contributed by atoms with Crippen molar-refractivity contribution in [3.8, 4) is 5.82 Å². The van der Waals surface area contributed by atoms with Gasteiger partial charge in [0.2, 0.25) is 0 Å². The molecule has 3 heterocycles. The van der Waals surface area contributed by atoms with Crippen LogP contribution in [-0.4, -0.2) is 79.3 Å². The topological polar surface area (TPSA) is 79.4 Å². The van der Waals surface area contributed by atoms with Crippen LogP contribution in [0.15, 0.2) is 35.4 Å². The fourth-order valence-corrected chi connectivity index (χ4v) is 4.32. The molecule has 8 nitrogen and oxygen atoms in total. The van der Waals surface area contributed by atoms with Gasteiger partial charge in [0.1, 0.15) is 0 Å². The predicted molar refractivity (Wildman–Crippen MR) is 107 cm³/mol. The number of aromatic nitrogens is 4. The molecule has 2 fully saturated rings. The lowest BCUT2D eigenvalue weighted by atomic mass is 9.84. The van der Waals surface area contributed by atoms with Gasteiger partial charge in [-0.3, -0.25) is 14.6 Å². The normalized spacial score (nSPS) is 21.0. The summed E-state index contributed by atoms with van der Waals surface area (Å²) in [6, 6.07) is 5.08. The number of nitrogens with zero attached hydrogens (tertiary/aromatic N) is 6. The Hall–Kier alpha value is -2.03. The van der Waals surface area contributed by atoms with E-state index >= 15 is 0 Å². The average Bonchev–Trinajstić information content (AvgIpc) is 3.24. The Morgan fingerprint density at radius 1 is 1.00 bits per heavy atom. The molecule has 1 saturated carbocycles. The summed E-state index contributed by atoms with van der Waals surface area (Å²) in [4.78, 5) is 16.9. The molecular weight excluding hydrogens is 356 g/mol. The first-order valence-corrected chi connectivity index (χ1v) is 10.4. The molecule has 2 aliphatic rings. The van der Waals surface area contributed by atoms with Crippen molar-refractivity contribution in [3.05, 3.63) is 40.9 Å². The number of hydrogen-bond donors (Lipinski definition) is 1. The van der Waals surface area contributed by atoms with Crippen LogP contribution in [-0.2, 0) is 6.54 Å². The van der Waals surface area contributed by atoms with Crippen molar-refractivity contribution in [1.82, 2.24) is 29.4 Å². The third kappa shape index (κ3) is 4.68. The first-order valence-electron chi connectivity index (χ1n) is 10.4. The highest BCUT2D eigenvalue weighted by molar-refractivity contribution is 5.17. The van der Waals surface area contributed by atoms with Gasteiger partial charge in [0.25, 0.3) is 5.56 Å². The second kappa shape index (κ2) is 8.55. The van der Waals surface area contributed by atoms with Gasteiger partial charge in [-0.1, -0.05) is 19.3 Å². The van der Waals surface area contributed by atoms with Crippen molar-refractivity contribution in [2.45, 2.75) is 44.2 Å². The highest BCUT2D eigenvalue weighted by Gasteiger charge is 2.32. The molecule has 152 valence electrons. The van der Waals surface area contributed by atoms with Crippen LogP contribution in [0.25, 0.3) is 5.82 Å². The van der Waals surface area contributed by atoms with Crippen molar-refractivity contribution >= 4 is 0 Å². The van der Waals surface area contributed by atoms with E-state index in [1.165, 1.54) is 11.1 Å². The summed E-state index contributed by atoms with van der Waals surface area (Å²) in [7, 11) is 0. The lowest BCUT2D eigenvalue weighted by molar-refractivity contribution is -0.0356. The van der Waals surface area contributed by atoms with Gasteiger partial charge in [0, 0.05) is 57.7 Å². The van der Waals surface area contributed by atoms with Crippen molar-refractivity contribution in [3.63, 3.8) is 0 Å². The third-order valence-electron chi connectivity index (χ3n) is 5.99. The first-order chi connectivity index (χ1) is 13.6. The van der Waals surface area contributed by atoms with E-state index in [-0.39, 0.29) is 5.56 Å². The van der Waals surface area contributed by atoms with Crippen LogP contribution in [0.4, 0.5) is 0 Å². The van der Waals surface area contributed by atoms with E-state index in [0.29, 0.717) is 12.4 Å². The number of aliphatic hydroxyl groups is 1. The molecule has 1 aliphatic heterocycles. The minimum atomic E-state index is -0.482. The van der Waals surface area contributed by atoms with E-state index in [4.69, 9.17) is 0 Å². The van der Waals surface area contributed by atoms with Crippen molar-refractivity contribution < 1.29 is 5.11 Å². The Labute approximate surface area is 165 Å². The fraction of sp³-hybridized carbons (Fsp3) is 0.650. The highest BCUT2D eigenvalue weighted by Crippen LogP contribution is 2.29. The summed E-state index contributed by atoms with van der Waals surface area (Å²) in [5.41, 5.74) is -0.570. The van der Waals surface area contributed by atoms with Gasteiger partial charge >= 0.3 is 0 Å². The molecule has 0 unspecified atom stereocenters. The Morgan fingerprint density at radius 3 is 2.46 bits per heavy atom. The molecule has 2 aromatic rings. The smallest absolute Gasteiger partial charge is 0.266 e. The van der Waals surface area contributed by atoms with E-state index in [0.717, 1.165) is 65.0 Å². The van der Waals surface area contributed by atoms with Gasteiger partial charge in [-0.15, -0.1) is 5.10 Å². The summed E-state index contributed by atoms with van der Waals surface area (Å²) < 4.78 is 3.18. The largest absolute Gasteiger partial charge is 0.389 e. The quantitative estimate of drug-likeness (QED) is 0.789. The van der Waals surface area contributed by atoms with Gasteiger partial charge in [0.05, 0.1) is 12.1 Å². The van der Waals surface area contributed by atoms with E-state index in [9.17, 15) is 9.90 Å². The van der Waals surface area contributed by atoms with Gasteiger partial charge in [0.15, 0.2) is 5.82 Å². The van der Waals surface area contributed by atoms with Crippen LogP contribution in [0.5, 0.6) is 0 Å². The molecule has 1 saturated heterocycles. The third-order valence-corrected chi connectivity index (χ3v) is 5.99. The highest BCUT2D eigenvalue weighted by atomic mass is 16.3. The van der Waals surface area contributed by atoms with E-state index in [2.05, 4.69) is 20.0 Å². The minimum Gasteiger partial charge on any atom is -0.389 e. The molecule has 0 atom stereocenters. The zero-order chi connectivity index (χ0) is 19.4. The van der Waals surface area contributed by atoms with Crippen molar-refractivity contribution in [1.29, 1.82) is 0 Å². The van der Waals surface area contributed by atoms with Crippen LogP contribution < -0.4 is 5.56 Å². The lowest BCUT2D eigenvalue weighted by Crippen LogP contribution is -2.53. The summed E-state index contributed by atoms with van der Waals surface area (Å²) >= 11 is 0. The van der Waals surface area contributed by atoms with Gasteiger partial charge in [-0.25, -0.2) is 9.36 Å². The molecule has 4 rings (SSSR count). The fourth-order valence-electron chi connectivity index (χ4n) is 4.32. The number of hydrogen-bond acceptors (Lipinski definition) is 6. The number of rotatable bonds is 6. The lowest BCUT2D eigenvalue weighted by Gasteiger charge is -2.41. The van der Waals surface area contributed by atoms with Crippen molar-refractivity contribution in [2.75, 3.05) is 39.3 Å². The molecule has 1 N–H and O–H groups in total. The SMILES string of the molecule is O=c1ccc(-n2cccn2)nn1CCN1CCN(CC2(O)CCCCC2)CC1. The maximum absolute atomic E-state index is 12.1. The second-order valence-corrected chi connectivity index (χ2v) is 8.11. The average molecular weight is 387 g/mol. The molecule has 28 heavy (non-hydrogen) atoms. The summed E-state index contributed by atoms with van der Waals surface area (Å²) in [6.45, 7) is 6.03. The molecule has 0 spiro atoms. The zero-order valence-electron chi connectivity index (χ0n) is 16.4. The molecule has 0 amide bonds. The molecule has 0 aromatic carbocycles.